The van der Waals surface area contributed by atoms with E-state index in [4.69, 9.17) is 9.47 Å². The van der Waals surface area contributed by atoms with Crippen molar-refractivity contribution in [1.29, 1.82) is 0 Å². The van der Waals surface area contributed by atoms with Crippen molar-refractivity contribution < 1.29 is 19.1 Å². The van der Waals surface area contributed by atoms with Crippen LogP contribution in [0.1, 0.15) is 43.9 Å². The van der Waals surface area contributed by atoms with E-state index in [1.807, 2.05) is 44.2 Å². The Morgan fingerprint density at radius 1 is 1.23 bits per heavy atom. The molecule has 7 nitrogen and oxygen atoms in total. The Hall–Kier alpha value is -3.87. The van der Waals surface area contributed by atoms with Gasteiger partial charge in [-0.2, -0.15) is 0 Å². The van der Waals surface area contributed by atoms with Gasteiger partial charge >= 0.3 is 0 Å². The number of ether oxygens (including phenoxy) is 2. The summed E-state index contributed by atoms with van der Waals surface area (Å²) in [5, 5.41) is 6.29. The molecule has 35 heavy (non-hydrogen) atoms. The predicted octanol–water partition coefficient (Wildman–Crippen LogP) is 4.82. The molecule has 2 aliphatic rings. The Morgan fingerprint density at radius 3 is 2.74 bits per heavy atom. The number of hydrogen-bond donors (Lipinski definition) is 2. The van der Waals surface area contributed by atoms with Crippen molar-refractivity contribution in [2.75, 3.05) is 19.0 Å². The Balaban J connectivity index is 1.81. The zero-order chi connectivity index (χ0) is 25.1. The molecule has 2 N–H and O–H groups in total. The summed E-state index contributed by atoms with van der Waals surface area (Å²) >= 11 is 0. The molecule has 1 amide bonds. The molecule has 1 aromatic heterocycles. The van der Waals surface area contributed by atoms with Gasteiger partial charge in [-0.05, 0) is 56.0 Å². The van der Waals surface area contributed by atoms with E-state index < -0.39 is 5.92 Å². The number of anilines is 1. The highest BCUT2D eigenvalue weighted by Gasteiger charge is 2.40. The second kappa shape index (κ2) is 10.2. The molecule has 0 bridgehead atoms. The lowest BCUT2D eigenvalue weighted by Gasteiger charge is -2.36. The maximum absolute atomic E-state index is 13.6. The molecule has 1 aliphatic carbocycles. The van der Waals surface area contributed by atoms with Crippen molar-refractivity contribution in [1.82, 2.24) is 10.3 Å². The van der Waals surface area contributed by atoms with Crippen LogP contribution in [0.5, 0.6) is 11.5 Å². The highest BCUT2D eigenvalue weighted by atomic mass is 16.5. The van der Waals surface area contributed by atoms with E-state index >= 15 is 0 Å². The van der Waals surface area contributed by atoms with Gasteiger partial charge in [0.25, 0.3) is 5.91 Å². The fraction of sp³-hybridized carbons (Fsp3) is 0.321. The van der Waals surface area contributed by atoms with E-state index in [0.717, 1.165) is 23.4 Å². The Bertz CT molecular complexity index is 1240. The lowest BCUT2D eigenvalue weighted by molar-refractivity contribution is -0.117. The number of Topliss-reactive ketones (excluding diaryl/α,β-unsaturated/α-hetero) is 1. The van der Waals surface area contributed by atoms with Gasteiger partial charge < -0.3 is 20.1 Å². The first-order chi connectivity index (χ1) is 16.8. The summed E-state index contributed by atoms with van der Waals surface area (Å²) in [5.41, 5.74) is 4.30. The first-order valence-corrected chi connectivity index (χ1v) is 11.7. The summed E-state index contributed by atoms with van der Waals surface area (Å²) in [7, 11) is 1.57. The van der Waals surface area contributed by atoms with E-state index in [1.165, 1.54) is 0 Å². The standard InChI is InChI=1S/C28H31N3O4/c1-6-12-35-22-11-10-19(15-23(22)34-5)26-25(28(33)31-24-9-7-8-17(3)29-24)18(4)30-20-13-16(2)14-21(32)27(20)26/h6-11,15-16,26,30H,1,12-14H2,2-5H3,(H,29,31,33)/t16-,26-/m1/s1. The van der Waals surface area contributed by atoms with Gasteiger partial charge in [0.2, 0.25) is 0 Å². The molecule has 2 atom stereocenters. The van der Waals surface area contributed by atoms with Crippen molar-refractivity contribution in [3.63, 3.8) is 0 Å². The van der Waals surface area contributed by atoms with Crippen molar-refractivity contribution in [2.45, 2.75) is 39.5 Å². The van der Waals surface area contributed by atoms with E-state index in [1.54, 1.807) is 19.3 Å². The lowest BCUT2D eigenvalue weighted by Crippen LogP contribution is -2.37. The van der Waals surface area contributed by atoms with Gasteiger partial charge in [-0.3, -0.25) is 9.59 Å². The van der Waals surface area contributed by atoms with Crippen molar-refractivity contribution in [2.24, 2.45) is 5.92 Å². The van der Waals surface area contributed by atoms with Crippen LogP contribution in [0.15, 0.2) is 71.6 Å². The zero-order valence-corrected chi connectivity index (χ0v) is 20.6. The number of carbonyl (C=O) groups is 2. The maximum atomic E-state index is 13.6. The summed E-state index contributed by atoms with van der Waals surface area (Å²) in [6.45, 7) is 9.83. The highest BCUT2D eigenvalue weighted by molar-refractivity contribution is 6.09. The molecular weight excluding hydrogens is 442 g/mol. The number of nitrogens with one attached hydrogen (secondary N) is 2. The molecule has 182 valence electrons. The Kier molecular flexibility index (Phi) is 7.05. The summed E-state index contributed by atoms with van der Waals surface area (Å²) in [4.78, 5) is 31.4. The Morgan fingerprint density at radius 2 is 2.03 bits per heavy atom. The summed E-state index contributed by atoms with van der Waals surface area (Å²) in [5.74, 6) is 0.994. The van der Waals surface area contributed by atoms with Gasteiger partial charge in [-0.25, -0.2) is 4.98 Å². The van der Waals surface area contributed by atoms with E-state index in [-0.39, 0.29) is 17.6 Å². The molecule has 0 unspecified atom stereocenters. The summed E-state index contributed by atoms with van der Waals surface area (Å²) < 4.78 is 11.3. The number of benzene rings is 1. The Labute approximate surface area is 205 Å². The van der Waals surface area contributed by atoms with Crippen LogP contribution < -0.4 is 20.1 Å². The van der Waals surface area contributed by atoms with Gasteiger partial charge in [0, 0.05) is 40.6 Å². The van der Waals surface area contributed by atoms with Crippen LogP contribution in [0.25, 0.3) is 0 Å². The summed E-state index contributed by atoms with van der Waals surface area (Å²) in [6, 6.07) is 11.0. The molecule has 7 heteroatoms. The number of hydrogen-bond acceptors (Lipinski definition) is 6. The monoisotopic (exact) mass is 473 g/mol. The van der Waals surface area contributed by atoms with E-state index in [9.17, 15) is 9.59 Å². The fourth-order valence-electron chi connectivity index (χ4n) is 4.80. The summed E-state index contributed by atoms with van der Waals surface area (Å²) in [6.07, 6.45) is 2.86. The SMILES string of the molecule is C=CCOc1ccc([C@@H]2C(C(=O)Nc3cccc(C)n3)=C(C)NC3=C2C(=O)C[C@H](C)C3)cc1OC. The minimum Gasteiger partial charge on any atom is -0.493 e. The molecule has 2 aromatic rings. The number of methoxy groups -OCH3 is 1. The van der Waals surface area contributed by atoms with E-state index in [2.05, 4.69) is 29.1 Å². The molecule has 0 saturated carbocycles. The number of allylic oxidation sites excluding steroid dienone is 3. The van der Waals surface area contributed by atoms with Crippen LogP contribution in [-0.2, 0) is 9.59 Å². The second-order valence-electron chi connectivity index (χ2n) is 9.05. The molecule has 1 aromatic carbocycles. The maximum Gasteiger partial charge on any atom is 0.255 e. The topological polar surface area (TPSA) is 89.5 Å². The molecule has 0 saturated heterocycles. The first-order valence-electron chi connectivity index (χ1n) is 11.7. The van der Waals surface area contributed by atoms with Crippen LogP contribution in [0.3, 0.4) is 0 Å². The van der Waals surface area contributed by atoms with Crippen LogP contribution in [0.2, 0.25) is 0 Å². The van der Waals surface area contributed by atoms with Gasteiger partial charge in [0.05, 0.1) is 7.11 Å². The minimum absolute atomic E-state index is 0.0497. The predicted molar refractivity (Wildman–Crippen MR) is 135 cm³/mol. The third-order valence-corrected chi connectivity index (χ3v) is 6.28. The number of aryl methyl sites for hydroxylation is 1. The van der Waals surface area contributed by atoms with Crippen LogP contribution in [0.4, 0.5) is 5.82 Å². The number of pyridine rings is 1. The number of nitrogens with zero attached hydrogens (tertiary/aromatic N) is 1. The number of carbonyl (C=O) groups excluding carboxylic acids is 2. The van der Waals surface area contributed by atoms with Gasteiger partial charge in [-0.1, -0.05) is 31.7 Å². The second-order valence-corrected chi connectivity index (χ2v) is 9.05. The van der Waals surface area contributed by atoms with Gasteiger partial charge in [-0.15, -0.1) is 0 Å². The number of dihydropyridines is 1. The number of ketones is 1. The fourth-order valence-corrected chi connectivity index (χ4v) is 4.80. The average Bonchev–Trinajstić information content (AvgIpc) is 2.81. The largest absolute Gasteiger partial charge is 0.493 e. The third kappa shape index (κ3) is 4.99. The van der Waals surface area contributed by atoms with Crippen molar-refractivity contribution in [3.8, 4) is 11.5 Å². The average molecular weight is 474 g/mol. The van der Waals surface area contributed by atoms with Crippen LogP contribution in [0, 0.1) is 12.8 Å². The molecule has 0 spiro atoms. The van der Waals surface area contributed by atoms with Gasteiger partial charge in [0.15, 0.2) is 17.3 Å². The normalized spacial score (nSPS) is 19.6. The number of aromatic nitrogens is 1. The molecule has 4 rings (SSSR count). The zero-order valence-electron chi connectivity index (χ0n) is 20.6. The van der Waals surface area contributed by atoms with Crippen LogP contribution >= 0.6 is 0 Å². The molecule has 0 radical (unpaired) electrons. The molecular formula is C28H31N3O4. The lowest BCUT2D eigenvalue weighted by atomic mass is 9.73. The quantitative estimate of drug-likeness (QED) is 0.561. The number of rotatable bonds is 7. The molecule has 0 fully saturated rings. The first kappa shape index (κ1) is 24.3. The minimum atomic E-state index is -0.543. The van der Waals surface area contributed by atoms with Crippen molar-refractivity contribution in [3.05, 3.63) is 82.9 Å². The molecule has 2 heterocycles. The van der Waals surface area contributed by atoms with Crippen LogP contribution in [-0.4, -0.2) is 30.4 Å². The molecule has 1 aliphatic heterocycles. The van der Waals surface area contributed by atoms with E-state index in [0.29, 0.717) is 47.2 Å². The third-order valence-electron chi connectivity index (χ3n) is 6.28. The van der Waals surface area contributed by atoms with Gasteiger partial charge in [0.1, 0.15) is 12.4 Å². The highest BCUT2D eigenvalue weighted by Crippen LogP contribution is 2.45. The smallest absolute Gasteiger partial charge is 0.255 e. The van der Waals surface area contributed by atoms with Crippen molar-refractivity contribution >= 4 is 17.5 Å². The number of amides is 1.